The first-order chi connectivity index (χ1) is 8.79. The van der Waals surface area contributed by atoms with Crippen LogP contribution in [0.3, 0.4) is 0 Å². The second kappa shape index (κ2) is 4.94. The summed E-state index contributed by atoms with van der Waals surface area (Å²) in [4.78, 5) is 6.77. The van der Waals surface area contributed by atoms with Crippen LogP contribution in [0, 0.1) is 0 Å². The average molecular weight is 281 g/mol. The molecule has 4 heteroatoms. The van der Waals surface area contributed by atoms with Gasteiger partial charge in [-0.05, 0) is 37.1 Å². The summed E-state index contributed by atoms with van der Waals surface area (Å²) in [7, 11) is 0. The van der Waals surface area contributed by atoms with Gasteiger partial charge in [-0.25, -0.2) is 0 Å². The van der Waals surface area contributed by atoms with E-state index in [4.69, 9.17) is 23.2 Å². The Morgan fingerprint density at radius 1 is 1.28 bits per heavy atom. The van der Waals surface area contributed by atoms with Gasteiger partial charge in [0.2, 0.25) is 0 Å². The monoisotopic (exact) mass is 280 g/mol. The molecule has 0 amide bonds. The smallest absolute Gasteiger partial charge is 0.0737 e. The number of nitrogens with zero attached hydrogens (tertiary/aromatic N) is 2. The predicted octanol–water partition coefficient (Wildman–Crippen LogP) is 4.10. The van der Waals surface area contributed by atoms with E-state index in [0.29, 0.717) is 11.9 Å². The molecule has 0 atom stereocenters. The molecule has 0 aliphatic heterocycles. The van der Waals surface area contributed by atoms with Crippen LogP contribution in [-0.2, 0) is 0 Å². The van der Waals surface area contributed by atoms with Gasteiger partial charge in [0.15, 0.2) is 0 Å². The SMILES string of the molecule is ClCCN(c1ccnc2cc(Cl)ccc12)C1CC1. The van der Waals surface area contributed by atoms with Crippen molar-refractivity contribution in [2.75, 3.05) is 17.3 Å². The minimum atomic E-state index is 0.644. The fraction of sp³-hybridized carbons (Fsp3) is 0.357. The number of aromatic nitrogens is 1. The topological polar surface area (TPSA) is 16.1 Å². The maximum absolute atomic E-state index is 6.01. The van der Waals surface area contributed by atoms with Crippen LogP contribution in [0.4, 0.5) is 5.69 Å². The van der Waals surface area contributed by atoms with E-state index in [9.17, 15) is 0 Å². The van der Waals surface area contributed by atoms with Gasteiger partial charge in [-0.15, -0.1) is 11.6 Å². The van der Waals surface area contributed by atoms with Gasteiger partial charge in [0.1, 0.15) is 0 Å². The van der Waals surface area contributed by atoms with Crippen LogP contribution in [0.5, 0.6) is 0 Å². The van der Waals surface area contributed by atoms with Crippen LogP contribution in [0.1, 0.15) is 12.8 Å². The molecule has 1 aromatic heterocycles. The van der Waals surface area contributed by atoms with E-state index in [2.05, 4.69) is 16.0 Å². The number of halogens is 2. The number of rotatable bonds is 4. The van der Waals surface area contributed by atoms with E-state index >= 15 is 0 Å². The fourth-order valence-electron chi connectivity index (χ4n) is 2.33. The molecule has 3 rings (SSSR count). The second-order valence-corrected chi connectivity index (χ2v) is 5.42. The molecule has 1 aromatic carbocycles. The second-order valence-electron chi connectivity index (χ2n) is 4.61. The zero-order chi connectivity index (χ0) is 12.5. The maximum atomic E-state index is 6.01. The quantitative estimate of drug-likeness (QED) is 0.784. The van der Waals surface area contributed by atoms with Gasteiger partial charge in [0.05, 0.1) is 5.52 Å². The zero-order valence-electron chi connectivity index (χ0n) is 9.94. The molecule has 1 saturated carbocycles. The highest BCUT2D eigenvalue weighted by Gasteiger charge is 2.29. The Bertz CT molecular complexity index is 567. The van der Waals surface area contributed by atoms with Gasteiger partial charge in [-0.2, -0.15) is 0 Å². The first-order valence-corrected chi connectivity index (χ1v) is 7.08. The van der Waals surface area contributed by atoms with Gasteiger partial charge in [0, 0.05) is 40.8 Å². The van der Waals surface area contributed by atoms with Gasteiger partial charge < -0.3 is 4.90 Å². The lowest BCUT2D eigenvalue weighted by Gasteiger charge is -2.25. The Kier molecular flexibility index (Phi) is 3.31. The summed E-state index contributed by atoms with van der Waals surface area (Å²) < 4.78 is 0. The van der Waals surface area contributed by atoms with E-state index in [1.54, 1.807) is 0 Å². The third kappa shape index (κ3) is 2.27. The van der Waals surface area contributed by atoms with Crippen molar-refractivity contribution in [3.05, 3.63) is 35.5 Å². The van der Waals surface area contributed by atoms with E-state index in [1.165, 1.54) is 18.5 Å². The molecular formula is C14H14Cl2N2. The van der Waals surface area contributed by atoms with Crippen molar-refractivity contribution >= 4 is 39.8 Å². The van der Waals surface area contributed by atoms with Gasteiger partial charge in [-0.3, -0.25) is 4.98 Å². The van der Waals surface area contributed by atoms with Crippen molar-refractivity contribution in [1.29, 1.82) is 0 Å². The van der Waals surface area contributed by atoms with Gasteiger partial charge >= 0.3 is 0 Å². The molecule has 1 aliphatic rings. The third-order valence-corrected chi connectivity index (χ3v) is 3.71. The fourth-order valence-corrected chi connectivity index (χ4v) is 2.68. The first-order valence-electron chi connectivity index (χ1n) is 6.16. The Hall–Kier alpha value is -0.990. The minimum Gasteiger partial charge on any atom is -0.367 e. The molecule has 2 nitrogen and oxygen atoms in total. The molecule has 0 spiro atoms. The summed E-state index contributed by atoms with van der Waals surface area (Å²) in [5, 5.41) is 1.88. The molecule has 1 heterocycles. The van der Waals surface area contributed by atoms with Crippen LogP contribution in [-0.4, -0.2) is 23.5 Å². The average Bonchev–Trinajstić information content (AvgIpc) is 3.19. The van der Waals surface area contributed by atoms with E-state index in [-0.39, 0.29) is 0 Å². The largest absolute Gasteiger partial charge is 0.367 e. The lowest BCUT2D eigenvalue weighted by atomic mass is 10.1. The summed E-state index contributed by atoms with van der Waals surface area (Å²) in [6.45, 7) is 0.883. The third-order valence-electron chi connectivity index (χ3n) is 3.30. The predicted molar refractivity (Wildman–Crippen MR) is 77.8 cm³/mol. The summed E-state index contributed by atoms with van der Waals surface area (Å²) >= 11 is 11.9. The van der Waals surface area contributed by atoms with Crippen molar-refractivity contribution < 1.29 is 0 Å². The molecule has 0 saturated heterocycles. The van der Waals surface area contributed by atoms with Crippen LogP contribution in [0.25, 0.3) is 10.9 Å². The molecule has 2 aromatic rings. The van der Waals surface area contributed by atoms with E-state index in [0.717, 1.165) is 22.5 Å². The maximum Gasteiger partial charge on any atom is 0.0737 e. The standard InChI is InChI=1S/C14H14Cl2N2/c15-6-8-18(11-2-3-11)14-5-7-17-13-9-10(16)1-4-12(13)14/h1,4-5,7,9,11H,2-3,6,8H2. The van der Waals surface area contributed by atoms with Crippen LogP contribution < -0.4 is 4.90 Å². The lowest BCUT2D eigenvalue weighted by molar-refractivity contribution is 0.833. The lowest BCUT2D eigenvalue weighted by Crippen LogP contribution is -2.27. The molecule has 0 bridgehead atoms. The summed E-state index contributed by atoms with van der Waals surface area (Å²) in [5.74, 6) is 0.647. The van der Waals surface area contributed by atoms with Crippen LogP contribution >= 0.6 is 23.2 Å². The van der Waals surface area contributed by atoms with Crippen molar-refractivity contribution in [2.45, 2.75) is 18.9 Å². The summed E-state index contributed by atoms with van der Waals surface area (Å²) in [5.41, 5.74) is 2.17. The highest BCUT2D eigenvalue weighted by Crippen LogP contribution is 2.35. The molecule has 18 heavy (non-hydrogen) atoms. The number of fused-ring (bicyclic) bond motifs is 1. The number of alkyl halides is 1. The molecule has 0 radical (unpaired) electrons. The van der Waals surface area contributed by atoms with Crippen molar-refractivity contribution in [3.63, 3.8) is 0 Å². The highest BCUT2D eigenvalue weighted by atomic mass is 35.5. The van der Waals surface area contributed by atoms with Gasteiger partial charge in [-0.1, -0.05) is 11.6 Å². The molecule has 0 N–H and O–H groups in total. The molecule has 1 aliphatic carbocycles. The molecule has 0 unspecified atom stereocenters. The summed E-state index contributed by atoms with van der Waals surface area (Å²) in [6, 6.07) is 8.59. The summed E-state index contributed by atoms with van der Waals surface area (Å²) in [6.07, 6.45) is 4.36. The van der Waals surface area contributed by atoms with Crippen molar-refractivity contribution in [1.82, 2.24) is 4.98 Å². The van der Waals surface area contributed by atoms with E-state index < -0.39 is 0 Å². The normalized spacial score (nSPS) is 15.0. The van der Waals surface area contributed by atoms with Crippen LogP contribution in [0.2, 0.25) is 5.02 Å². The first kappa shape index (κ1) is 12.1. The van der Waals surface area contributed by atoms with E-state index in [1.807, 2.05) is 24.4 Å². The molecule has 94 valence electrons. The highest BCUT2D eigenvalue weighted by molar-refractivity contribution is 6.31. The Morgan fingerprint density at radius 3 is 2.83 bits per heavy atom. The Labute approximate surface area is 117 Å². The number of anilines is 1. The zero-order valence-corrected chi connectivity index (χ0v) is 11.5. The molecular weight excluding hydrogens is 267 g/mol. The minimum absolute atomic E-state index is 0.644. The Balaban J connectivity index is 2.09. The van der Waals surface area contributed by atoms with Gasteiger partial charge in [0.25, 0.3) is 0 Å². The number of hydrogen-bond donors (Lipinski definition) is 0. The number of benzene rings is 1. The van der Waals surface area contributed by atoms with Crippen molar-refractivity contribution in [3.8, 4) is 0 Å². The number of pyridine rings is 1. The Morgan fingerprint density at radius 2 is 2.11 bits per heavy atom. The molecule has 1 fully saturated rings. The van der Waals surface area contributed by atoms with Crippen molar-refractivity contribution in [2.24, 2.45) is 0 Å². The van der Waals surface area contributed by atoms with Crippen LogP contribution in [0.15, 0.2) is 30.5 Å². The number of hydrogen-bond acceptors (Lipinski definition) is 2.